The van der Waals surface area contributed by atoms with Crippen LogP contribution in [0.25, 0.3) is 6.08 Å². The summed E-state index contributed by atoms with van der Waals surface area (Å²) in [7, 11) is 0. The van der Waals surface area contributed by atoms with Crippen molar-refractivity contribution in [2.75, 3.05) is 18.5 Å². The number of halogens is 1. The minimum atomic E-state index is -1.07. The second-order valence-corrected chi connectivity index (χ2v) is 7.99. The summed E-state index contributed by atoms with van der Waals surface area (Å²) >= 11 is 7.36. The molecule has 30 heavy (non-hydrogen) atoms. The van der Waals surface area contributed by atoms with E-state index >= 15 is 0 Å². The van der Waals surface area contributed by atoms with Gasteiger partial charge in [0.25, 0.3) is 5.91 Å². The number of amides is 1. The van der Waals surface area contributed by atoms with Crippen LogP contribution in [0.4, 0.5) is 5.69 Å². The van der Waals surface area contributed by atoms with Crippen LogP contribution in [0, 0.1) is 6.92 Å². The maximum absolute atomic E-state index is 12.4. The van der Waals surface area contributed by atoms with Crippen LogP contribution in [0.1, 0.15) is 18.1 Å². The van der Waals surface area contributed by atoms with Gasteiger partial charge in [-0.1, -0.05) is 29.4 Å². The maximum atomic E-state index is 12.4. The maximum Gasteiger partial charge on any atom is 0.341 e. The monoisotopic (exact) mass is 448 g/mol. The molecule has 9 heteroatoms. The Morgan fingerprint density at radius 1 is 1.27 bits per heavy atom. The predicted molar refractivity (Wildman–Crippen MR) is 118 cm³/mol. The summed E-state index contributed by atoms with van der Waals surface area (Å²) in [5.41, 5.74) is 2.29. The summed E-state index contributed by atoms with van der Waals surface area (Å²) in [4.78, 5) is 23.7. The van der Waals surface area contributed by atoms with E-state index in [-0.39, 0.29) is 11.4 Å². The molecule has 158 valence electrons. The molecule has 2 aromatic rings. The Hall–Kier alpha value is -2.84. The number of anilines is 1. The Kier molecular flexibility index (Phi) is 7.12. The topological polar surface area (TPSA) is 96.9 Å². The molecule has 7 nitrogen and oxygen atoms in total. The van der Waals surface area contributed by atoms with Gasteiger partial charge in [-0.15, -0.1) is 0 Å². The van der Waals surface area contributed by atoms with Crippen LogP contribution >= 0.6 is 23.4 Å². The van der Waals surface area contributed by atoms with Crippen LogP contribution in [0.15, 0.2) is 41.3 Å². The normalized spacial score (nSPS) is 17.0. The molecule has 0 saturated carbocycles. The van der Waals surface area contributed by atoms with Crippen LogP contribution in [0.5, 0.6) is 11.5 Å². The average Bonchev–Trinajstić information content (AvgIpc) is 3.02. The second-order valence-electron chi connectivity index (χ2n) is 6.41. The molecule has 1 aliphatic rings. The number of rotatable bonds is 8. The number of thioether (sulfide) groups is 1. The van der Waals surface area contributed by atoms with E-state index in [1.54, 1.807) is 30.3 Å². The molecule has 3 N–H and O–H groups in total. The summed E-state index contributed by atoms with van der Waals surface area (Å²) in [5, 5.41) is 15.6. The molecule has 0 aromatic heterocycles. The Morgan fingerprint density at radius 2 is 2.07 bits per heavy atom. The number of carbonyl (C=O) groups is 2. The average molecular weight is 449 g/mol. The highest BCUT2D eigenvalue weighted by molar-refractivity contribution is 8.05. The molecule has 1 atom stereocenters. The molecular formula is C21H21ClN2O5S. The molecule has 1 fully saturated rings. The van der Waals surface area contributed by atoms with Crippen molar-refractivity contribution in [3.8, 4) is 11.5 Å². The fourth-order valence-corrected chi connectivity index (χ4v) is 3.99. The van der Waals surface area contributed by atoms with Gasteiger partial charge in [0.2, 0.25) is 0 Å². The van der Waals surface area contributed by atoms with Gasteiger partial charge in [-0.3, -0.25) is 4.79 Å². The SMILES string of the molecule is CCOc1cc(/C=C2\SC(Nc3ccc(Cl)cc3C)NC2=O)ccc1OCC(=O)O. The van der Waals surface area contributed by atoms with E-state index in [1.807, 2.05) is 26.0 Å². The highest BCUT2D eigenvalue weighted by Crippen LogP contribution is 2.34. The zero-order chi connectivity index (χ0) is 21.7. The highest BCUT2D eigenvalue weighted by atomic mass is 35.5. The van der Waals surface area contributed by atoms with Crippen molar-refractivity contribution in [2.45, 2.75) is 19.3 Å². The smallest absolute Gasteiger partial charge is 0.341 e. The molecular weight excluding hydrogens is 428 g/mol. The number of carbonyl (C=O) groups excluding carboxylic acids is 1. The van der Waals surface area contributed by atoms with Gasteiger partial charge in [0, 0.05) is 10.7 Å². The molecule has 1 heterocycles. The lowest BCUT2D eigenvalue weighted by atomic mass is 10.2. The Bertz CT molecular complexity index is 995. The van der Waals surface area contributed by atoms with Crippen molar-refractivity contribution in [2.24, 2.45) is 0 Å². The quantitative estimate of drug-likeness (QED) is 0.523. The highest BCUT2D eigenvalue weighted by Gasteiger charge is 2.27. The molecule has 0 spiro atoms. The number of ether oxygens (including phenoxy) is 2. The molecule has 3 rings (SSSR count). The third-order valence-corrected chi connectivity index (χ3v) is 5.39. The molecule has 0 bridgehead atoms. The van der Waals surface area contributed by atoms with Crippen LogP contribution < -0.4 is 20.1 Å². The zero-order valence-electron chi connectivity index (χ0n) is 16.4. The minimum absolute atomic E-state index is 0.187. The lowest BCUT2D eigenvalue weighted by Gasteiger charge is -2.15. The van der Waals surface area contributed by atoms with Crippen LogP contribution in [0.3, 0.4) is 0 Å². The van der Waals surface area contributed by atoms with E-state index in [1.165, 1.54) is 11.8 Å². The molecule has 2 aromatic carbocycles. The number of nitrogens with one attached hydrogen (secondary N) is 2. The fourth-order valence-electron chi connectivity index (χ4n) is 2.79. The van der Waals surface area contributed by atoms with Gasteiger partial charge in [0.05, 0.1) is 11.5 Å². The Labute approximate surface area is 183 Å². The first-order valence-corrected chi connectivity index (χ1v) is 10.4. The number of hydrogen-bond acceptors (Lipinski definition) is 6. The summed E-state index contributed by atoms with van der Waals surface area (Å²) in [6.45, 7) is 3.69. The van der Waals surface area contributed by atoms with E-state index < -0.39 is 12.6 Å². The van der Waals surface area contributed by atoms with E-state index in [2.05, 4.69) is 10.6 Å². The molecule has 0 aliphatic carbocycles. The first-order valence-electron chi connectivity index (χ1n) is 9.19. The molecule has 1 amide bonds. The Morgan fingerprint density at radius 3 is 2.77 bits per heavy atom. The number of carboxylic acid groups (broad SMARTS) is 1. The molecule has 1 unspecified atom stereocenters. The van der Waals surface area contributed by atoms with Gasteiger partial charge in [-0.25, -0.2) is 4.79 Å². The van der Waals surface area contributed by atoms with Gasteiger partial charge < -0.3 is 25.2 Å². The Balaban J connectivity index is 1.74. The van der Waals surface area contributed by atoms with E-state index in [4.69, 9.17) is 26.2 Å². The fraction of sp³-hybridized carbons (Fsp3) is 0.238. The van der Waals surface area contributed by atoms with Crippen LogP contribution in [0.2, 0.25) is 5.02 Å². The third kappa shape index (κ3) is 5.61. The van der Waals surface area contributed by atoms with Crippen molar-refractivity contribution in [1.82, 2.24) is 5.32 Å². The standard InChI is InChI=1S/C21H21ClN2O5S/c1-3-28-17-9-13(4-7-16(17)29-11-19(25)26)10-18-20(27)24-21(30-18)23-15-6-5-14(22)8-12(15)2/h4-10,21,23H,3,11H2,1-2H3,(H,24,27)(H,25,26)/b18-10-. The first kappa shape index (κ1) is 21.9. The molecule has 1 aliphatic heterocycles. The second kappa shape index (κ2) is 9.77. The van der Waals surface area contributed by atoms with Crippen molar-refractivity contribution < 1.29 is 24.2 Å². The minimum Gasteiger partial charge on any atom is -0.490 e. The predicted octanol–water partition coefficient (Wildman–Crippen LogP) is 4.11. The first-order chi connectivity index (χ1) is 14.4. The van der Waals surface area contributed by atoms with Gasteiger partial charge >= 0.3 is 5.97 Å². The van der Waals surface area contributed by atoms with Crippen LogP contribution in [-0.4, -0.2) is 35.7 Å². The van der Waals surface area contributed by atoms with Gasteiger partial charge in [0.15, 0.2) is 23.6 Å². The van der Waals surface area contributed by atoms with Crippen molar-refractivity contribution in [3.05, 3.63) is 57.5 Å². The summed E-state index contributed by atoms with van der Waals surface area (Å²) in [6.07, 6.45) is 1.75. The molecule has 1 saturated heterocycles. The number of hydrogen-bond donors (Lipinski definition) is 3. The summed E-state index contributed by atoms with van der Waals surface area (Å²) in [6, 6.07) is 10.6. The van der Waals surface area contributed by atoms with E-state index in [0.29, 0.717) is 28.0 Å². The van der Waals surface area contributed by atoms with Crippen molar-refractivity contribution >= 4 is 47.0 Å². The lowest BCUT2D eigenvalue weighted by Crippen LogP contribution is -2.31. The van der Waals surface area contributed by atoms with Gasteiger partial charge in [0.1, 0.15) is 0 Å². The van der Waals surface area contributed by atoms with E-state index in [0.717, 1.165) is 16.8 Å². The van der Waals surface area contributed by atoms with Crippen molar-refractivity contribution in [1.29, 1.82) is 0 Å². The number of aliphatic carboxylic acids is 1. The van der Waals surface area contributed by atoms with Gasteiger partial charge in [-0.2, -0.15) is 0 Å². The van der Waals surface area contributed by atoms with Crippen LogP contribution in [-0.2, 0) is 9.59 Å². The lowest BCUT2D eigenvalue weighted by molar-refractivity contribution is -0.139. The van der Waals surface area contributed by atoms with E-state index in [9.17, 15) is 9.59 Å². The summed E-state index contributed by atoms with van der Waals surface area (Å²) < 4.78 is 10.8. The number of aryl methyl sites for hydroxylation is 1. The number of carboxylic acids is 1. The van der Waals surface area contributed by atoms with Gasteiger partial charge in [-0.05, 0) is 61.4 Å². The zero-order valence-corrected chi connectivity index (χ0v) is 18.0. The molecule has 0 radical (unpaired) electrons. The van der Waals surface area contributed by atoms with Crippen molar-refractivity contribution in [3.63, 3.8) is 0 Å². The number of benzene rings is 2. The largest absolute Gasteiger partial charge is 0.490 e. The third-order valence-electron chi connectivity index (χ3n) is 4.12. The summed E-state index contributed by atoms with van der Waals surface area (Å²) in [5.74, 6) is -0.504.